The molecule has 4 aliphatic carbocycles. The third-order valence-electron chi connectivity index (χ3n) is 9.93. The van der Waals surface area contributed by atoms with Crippen molar-refractivity contribution in [2.75, 3.05) is 26.4 Å². The zero-order chi connectivity index (χ0) is 26.1. The SMILES string of the molecule is CC(=O)OCCOCCO[C@@H]1C[C@H]2[C@@H]3CC=C4C[C@@H](OC(C)=O)CC[C@]4(C)[C@H]3CC[C@]2(C)[C@H]1C(C)=O. The van der Waals surface area contributed by atoms with Gasteiger partial charge in [-0.05, 0) is 74.0 Å². The van der Waals surface area contributed by atoms with Gasteiger partial charge in [0, 0.05) is 26.2 Å². The minimum atomic E-state index is -0.310. The van der Waals surface area contributed by atoms with Crippen LogP contribution in [0.3, 0.4) is 0 Å². The van der Waals surface area contributed by atoms with E-state index in [-0.39, 0.29) is 53.3 Å². The maximum absolute atomic E-state index is 12.9. The lowest BCUT2D eigenvalue weighted by atomic mass is 9.47. The highest BCUT2D eigenvalue weighted by Crippen LogP contribution is 2.66. The number of esters is 2. The van der Waals surface area contributed by atoms with Gasteiger partial charge >= 0.3 is 11.9 Å². The summed E-state index contributed by atoms with van der Waals surface area (Å²) in [5.74, 6) is 1.27. The molecular weight excluding hydrogens is 460 g/mol. The summed E-state index contributed by atoms with van der Waals surface area (Å²) in [6, 6.07) is 0. The Hall–Kier alpha value is -1.73. The molecule has 0 unspecified atom stereocenters. The number of ketones is 1. The van der Waals surface area contributed by atoms with Crippen molar-refractivity contribution in [2.45, 2.75) is 91.8 Å². The van der Waals surface area contributed by atoms with Gasteiger partial charge < -0.3 is 18.9 Å². The molecule has 0 saturated heterocycles. The second kappa shape index (κ2) is 10.9. The van der Waals surface area contributed by atoms with Crippen molar-refractivity contribution in [3.63, 3.8) is 0 Å². The molecule has 4 rings (SSSR count). The van der Waals surface area contributed by atoms with Crippen LogP contribution in [-0.4, -0.2) is 56.4 Å². The molecule has 7 heteroatoms. The number of Topliss-reactive ketones (excluding diaryl/α,β-unsaturated/α-hetero) is 1. The van der Waals surface area contributed by atoms with Gasteiger partial charge in [0.2, 0.25) is 0 Å². The van der Waals surface area contributed by atoms with Crippen LogP contribution in [0.25, 0.3) is 0 Å². The summed E-state index contributed by atoms with van der Waals surface area (Å²) < 4.78 is 22.3. The van der Waals surface area contributed by atoms with E-state index in [2.05, 4.69) is 19.9 Å². The smallest absolute Gasteiger partial charge is 0.302 e. The van der Waals surface area contributed by atoms with Crippen LogP contribution in [-0.2, 0) is 33.3 Å². The molecule has 7 nitrogen and oxygen atoms in total. The third kappa shape index (κ3) is 5.28. The van der Waals surface area contributed by atoms with Gasteiger partial charge in [-0.3, -0.25) is 14.4 Å². The van der Waals surface area contributed by atoms with E-state index in [0.717, 1.165) is 44.9 Å². The molecule has 3 saturated carbocycles. The number of carbonyl (C=O) groups excluding carboxylic acids is 3. The van der Waals surface area contributed by atoms with Gasteiger partial charge in [-0.15, -0.1) is 0 Å². The fourth-order valence-electron chi connectivity index (χ4n) is 8.45. The quantitative estimate of drug-likeness (QED) is 0.256. The van der Waals surface area contributed by atoms with Crippen LogP contribution in [0.2, 0.25) is 0 Å². The molecule has 0 amide bonds. The van der Waals surface area contributed by atoms with Crippen molar-refractivity contribution in [1.29, 1.82) is 0 Å². The zero-order valence-corrected chi connectivity index (χ0v) is 22.7. The average Bonchev–Trinajstić information content (AvgIpc) is 3.10. The van der Waals surface area contributed by atoms with Gasteiger partial charge in [0.15, 0.2) is 0 Å². The first-order valence-electron chi connectivity index (χ1n) is 13.8. The molecule has 0 radical (unpaired) electrons. The second-order valence-corrected chi connectivity index (χ2v) is 12.0. The topological polar surface area (TPSA) is 88.1 Å². The van der Waals surface area contributed by atoms with E-state index in [1.807, 2.05) is 0 Å². The van der Waals surface area contributed by atoms with Crippen molar-refractivity contribution in [3.8, 4) is 0 Å². The van der Waals surface area contributed by atoms with Crippen LogP contribution >= 0.6 is 0 Å². The predicted molar refractivity (Wildman–Crippen MR) is 134 cm³/mol. The fourth-order valence-corrected chi connectivity index (χ4v) is 8.45. The zero-order valence-electron chi connectivity index (χ0n) is 22.7. The first-order valence-corrected chi connectivity index (χ1v) is 13.8. The van der Waals surface area contributed by atoms with Crippen LogP contribution in [0.5, 0.6) is 0 Å². The minimum Gasteiger partial charge on any atom is -0.463 e. The standard InChI is InChI=1S/C29H44O7/c1-18(30)27-26(35-15-13-33-12-14-34-19(2)31)17-25-23-7-6-21-16-22(36-20(3)32)8-10-28(21,4)24(23)9-11-29(25,27)5/h6,22-27H,7-17H2,1-5H3/t22-,23+,24-,25-,26+,27-,28-,29-/m0/s1. The van der Waals surface area contributed by atoms with Gasteiger partial charge in [0.1, 0.15) is 18.5 Å². The van der Waals surface area contributed by atoms with Crippen molar-refractivity contribution in [2.24, 2.45) is 34.5 Å². The number of allylic oxidation sites excluding steroid dienone is 1. The second-order valence-electron chi connectivity index (χ2n) is 12.0. The Balaban J connectivity index is 1.42. The van der Waals surface area contributed by atoms with Crippen molar-refractivity contribution in [1.82, 2.24) is 0 Å². The van der Waals surface area contributed by atoms with Crippen LogP contribution in [0, 0.1) is 34.5 Å². The monoisotopic (exact) mass is 504 g/mol. The Morgan fingerprint density at radius 3 is 2.39 bits per heavy atom. The van der Waals surface area contributed by atoms with Gasteiger partial charge in [-0.2, -0.15) is 0 Å². The number of rotatable bonds is 9. The lowest BCUT2D eigenvalue weighted by Gasteiger charge is -2.57. The summed E-state index contributed by atoms with van der Waals surface area (Å²) in [6.07, 6.45) is 9.37. The van der Waals surface area contributed by atoms with E-state index in [9.17, 15) is 14.4 Å². The van der Waals surface area contributed by atoms with E-state index in [1.54, 1.807) is 6.92 Å². The normalized spacial score (nSPS) is 39.3. The van der Waals surface area contributed by atoms with E-state index in [0.29, 0.717) is 37.6 Å². The van der Waals surface area contributed by atoms with Gasteiger partial charge in [0.05, 0.1) is 25.9 Å². The molecule has 0 aromatic heterocycles. The van der Waals surface area contributed by atoms with Crippen molar-refractivity contribution >= 4 is 17.7 Å². The van der Waals surface area contributed by atoms with Crippen molar-refractivity contribution in [3.05, 3.63) is 11.6 Å². The van der Waals surface area contributed by atoms with Crippen molar-refractivity contribution < 1.29 is 33.3 Å². The molecule has 0 bridgehead atoms. The molecule has 36 heavy (non-hydrogen) atoms. The first-order chi connectivity index (χ1) is 17.1. The number of hydrogen-bond acceptors (Lipinski definition) is 7. The van der Waals surface area contributed by atoms with E-state index < -0.39 is 0 Å². The summed E-state index contributed by atoms with van der Waals surface area (Å²) in [7, 11) is 0. The highest BCUT2D eigenvalue weighted by Gasteiger charge is 2.62. The summed E-state index contributed by atoms with van der Waals surface area (Å²) in [5.41, 5.74) is 1.59. The van der Waals surface area contributed by atoms with Gasteiger partial charge in [-0.1, -0.05) is 25.5 Å². The maximum atomic E-state index is 12.9. The molecule has 0 aliphatic heterocycles. The molecule has 4 aliphatic rings. The highest BCUT2D eigenvalue weighted by molar-refractivity contribution is 5.80. The van der Waals surface area contributed by atoms with Crippen LogP contribution in [0.1, 0.15) is 79.6 Å². The molecular formula is C29H44O7. The Labute approximate surface area is 215 Å². The maximum Gasteiger partial charge on any atom is 0.302 e. The molecule has 0 spiro atoms. The average molecular weight is 505 g/mol. The Kier molecular flexibility index (Phi) is 8.30. The Morgan fingerprint density at radius 1 is 0.944 bits per heavy atom. The summed E-state index contributed by atoms with van der Waals surface area (Å²) in [4.78, 5) is 35.3. The molecule has 3 fully saturated rings. The fraction of sp³-hybridized carbons (Fsp3) is 0.828. The number of hydrogen-bond donors (Lipinski definition) is 0. The largest absolute Gasteiger partial charge is 0.463 e. The summed E-state index contributed by atoms with van der Waals surface area (Å²) in [6.45, 7) is 10.8. The Bertz CT molecular complexity index is 881. The minimum absolute atomic E-state index is 0.00910. The Morgan fingerprint density at radius 2 is 1.69 bits per heavy atom. The molecule has 202 valence electrons. The summed E-state index contributed by atoms with van der Waals surface area (Å²) in [5, 5.41) is 0. The third-order valence-corrected chi connectivity index (χ3v) is 9.93. The van der Waals surface area contributed by atoms with E-state index in [1.165, 1.54) is 19.4 Å². The van der Waals surface area contributed by atoms with Crippen LogP contribution in [0.4, 0.5) is 0 Å². The van der Waals surface area contributed by atoms with Gasteiger partial charge in [-0.25, -0.2) is 0 Å². The van der Waals surface area contributed by atoms with E-state index >= 15 is 0 Å². The van der Waals surface area contributed by atoms with Gasteiger partial charge in [0.25, 0.3) is 0 Å². The predicted octanol–water partition coefficient (Wildman–Crippen LogP) is 4.66. The van der Waals surface area contributed by atoms with E-state index in [4.69, 9.17) is 18.9 Å². The number of ether oxygens (including phenoxy) is 4. The molecule has 0 aromatic carbocycles. The molecule has 0 N–H and O–H groups in total. The van der Waals surface area contributed by atoms with Crippen LogP contribution < -0.4 is 0 Å². The lowest BCUT2D eigenvalue weighted by Crippen LogP contribution is -2.51. The first kappa shape index (κ1) is 27.3. The molecule has 8 atom stereocenters. The number of fused-ring (bicyclic) bond motifs is 5. The van der Waals surface area contributed by atoms with Crippen LogP contribution in [0.15, 0.2) is 11.6 Å². The highest BCUT2D eigenvalue weighted by atomic mass is 16.6. The summed E-state index contributed by atoms with van der Waals surface area (Å²) >= 11 is 0. The number of carbonyl (C=O) groups is 3. The lowest BCUT2D eigenvalue weighted by molar-refractivity contribution is -0.149. The molecule has 0 heterocycles. The molecule has 0 aromatic rings.